The van der Waals surface area contributed by atoms with Gasteiger partial charge in [-0.05, 0) is 64.2 Å². The van der Waals surface area contributed by atoms with E-state index in [1.807, 2.05) is 0 Å². The number of rotatable bonds is 42. The molecule has 62 heavy (non-hydrogen) atoms. The van der Waals surface area contributed by atoms with Crippen LogP contribution in [0.2, 0.25) is 0 Å². The highest BCUT2D eigenvalue weighted by molar-refractivity contribution is 5.80. The summed E-state index contributed by atoms with van der Waals surface area (Å²) in [5.41, 5.74) is 0. The second kappa shape index (κ2) is 40.8. The van der Waals surface area contributed by atoms with Gasteiger partial charge in [-0.15, -0.1) is 0 Å². The molecule has 0 bridgehead atoms. The first kappa shape index (κ1) is 58.3. The number of hydrogen-bond donors (Lipinski definition) is 8. The van der Waals surface area contributed by atoms with Crippen LogP contribution in [-0.2, 0) is 14.3 Å². The van der Waals surface area contributed by atoms with Crippen molar-refractivity contribution in [1.29, 1.82) is 0 Å². The van der Waals surface area contributed by atoms with E-state index in [0.717, 1.165) is 57.8 Å². The van der Waals surface area contributed by atoms with E-state index < -0.39 is 74.2 Å². The highest BCUT2D eigenvalue weighted by atomic mass is 16.7. The molecule has 1 rings (SSSR count). The highest BCUT2D eigenvalue weighted by Gasteiger charge is 2.44. The molecule has 9 atom stereocenters. The van der Waals surface area contributed by atoms with Crippen LogP contribution in [0.1, 0.15) is 213 Å². The lowest BCUT2D eigenvalue weighted by Gasteiger charge is -2.40. The molecule has 0 aromatic heterocycles. The molecule has 1 heterocycles. The molecule has 1 fully saturated rings. The fourth-order valence-corrected chi connectivity index (χ4v) is 7.96. The summed E-state index contributed by atoms with van der Waals surface area (Å²) in [6.45, 7) is 3.39. The minimum absolute atomic E-state index is 0.235. The minimum Gasteiger partial charge on any atom is -0.394 e. The number of nitrogens with one attached hydrogen (secondary N) is 1. The lowest BCUT2D eigenvalue weighted by atomic mass is 9.98. The Morgan fingerprint density at radius 1 is 0.565 bits per heavy atom. The molecule has 0 saturated carbocycles. The Hall–Kier alpha value is -1.67. The van der Waals surface area contributed by atoms with Crippen molar-refractivity contribution in [3.63, 3.8) is 0 Å². The van der Waals surface area contributed by atoms with E-state index in [0.29, 0.717) is 12.8 Å². The second-order valence-corrected chi connectivity index (χ2v) is 17.9. The average molecular weight is 882 g/mol. The zero-order valence-corrected chi connectivity index (χ0v) is 39.4. The van der Waals surface area contributed by atoms with Crippen molar-refractivity contribution in [1.82, 2.24) is 5.32 Å². The fraction of sp³-hybridized carbons (Fsp3) is 0.863. The van der Waals surface area contributed by atoms with Crippen LogP contribution in [0.25, 0.3) is 0 Å². The summed E-state index contributed by atoms with van der Waals surface area (Å²) in [6, 6.07) is -1.19. The maximum atomic E-state index is 13.1. The van der Waals surface area contributed by atoms with E-state index in [2.05, 4.69) is 55.6 Å². The molecular weight excluding hydrogens is 787 g/mol. The molecule has 0 aromatic carbocycles. The van der Waals surface area contributed by atoms with Gasteiger partial charge in [0.15, 0.2) is 6.29 Å². The molecule has 11 heteroatoms. The Morgan fingerprint density at radius 2 is 1.00 bits per heavy atom. The van der Waals surface area contributed by atoms with Gasteiger partial charge in [-0.3, -0.25) is 4.79 Å². The molecule has 11 nitrogen and oxygen atoms in total. The largest absolute Gasteiger partial charge is 0.394 e. The van der Waals surface area contributed by atoms with Gasteiger partial charge < -0.3 is 50.5 Å². The summed E-state index contributed by atoms with van der Waals surface area (Å²) < 4.78 is 11.1. The Bertz CT molecular complexity index is 1100. The number of carbonyl (C=O) groups is 1. The Balaban J connectivity index is 2.42. The molecule has 0 aliphatic carbocycles. The summed E-state index contributed by atoms with van der Waals surface area (Å²) in [5.74, 6) is -0.719. The number of allylic oxidation sites excluding steroid dienone is 6. The maximum absolute atomic E-state index is 13.1. The molecule has 1 aliphatic heterocycles. The quantitative estimate of drug-likeness (QED) is 0.0167. The Kier molecular flexibility index (Phi) is 38.4. The molecule has 0 radical (unpaired) electrons. The van der Waals surface area contributed by atoms with Crippen molar-refractivity contribution in [2.45, 2.75) is 268 Å². The average Bonchev–Trinajstić information content (AvgIpc) is 3.27. The summed E-state index contributed by atoms with van der Waals surface area (Å²) in [4.78, 5) is 13.1. The first-order valence-corrected chi connectivity index (χ1v) is 25.4. The molecule has 0 aromatic rings. The van der Waals surface area contributed by atoms with Crippen LogP contribution in [0, 0.1) is 0 Å². The monoisotopic (exact) mass is 882 g/mol. The Morgan fingerprint density at radius 3 is 1.52 bits per heavy atom. The van der Waals surface area contributed by atoms with E-state index in [4.69, 9.17) is 9.47 Å². The van der Waals surface area contributed by atoms with E-state index in [-0.39, 0.29) is 12.8 Å². The third kappa shape index (κ3) is 29.7. The molecule has 0 spiro atoms. The lowest BCUT2D eigenvalue weighted by molar-refractivity contribution is -0.303. The minimum atomic E-state index is -1.67. The van der Waals surface area contributed by atoms with Crippen molar-refractivity contribution >= 4 is 5.91 Å². The maximum Gasteiger partial charge on any atom is 0.249 e. The number of unbranched alkanes of at least 4 members (excludes halogenated alkanes) is 25. The van der Waals surface area contributed by atoms with Crippen LogP contribution >= 0.6 is 0 Å². The summed E-state index contributed by atoms with van der Waals surface area (Å²) in [6.07, 6.45) is 36.2. The van der Waals surface area contributed by atoms with Gasteiger partial charge in [-0.2, -0.15) is 0 Å². The smallest absolute Gasteiger partial charge is 0.249 e. The highest BCUT2D eigenvalue weighted by Crippen LogP contribution is 2.23. The summed E-state index contributed by atoms with van der Waals surface area (Å²) in [7, 11) is 0. The SMILES string of the molecule is CCCCC/C=C\C=C/CCCCCCCC(O)C(=O)NC(COC1OC(CO)C(O)C(O)C1O)C(O)C(O)CCC/C=C/CCCCCCCCCCCCCCCCCC. The normalized spacial score (nSPS) is 21.6. The van der Waals surface area contributed by atoms with Crippen molar-refractivity contribution in [3.8, 4) is 0 Å². The zero-order chi connectivity index (χ0) is 45.5. The number of carbonyl (C=O) groups excluding carboxylic acids is 1. The van der Waals surface area contributed by atoms with Crippen LogP contribution in [0.4, 0.5) is 0 Å². The second-order valence-electron chi connectivity index (χ2n) is 17.9. The topological polar surface area (TPSA) is 189 Å². The summed E-state index contributed by atoms with van der Waals surface area (Å²) in [5, 5.41) is 75.8. The van der Waals surface area contributed by atoms with Crippen molar-refractivity contribution < 1.29 is 50.0 Å². The number of amides is 1. The first-order chi connectivity index (χ1) is 30.2. The van der Waals surface area contributed by atoms with Gasteiger partial charge in [-0.1, -0.05) is 185 Å². The van der Waals surface area contributed by atoms with Crippen LogP contribution in [0.3, 0.4) is 0 Å². The van der Waals surface area contributed by atoms with Gasteiger partial charge in [0.05, 0.1) is 25.4 Å². The fourth-order valence-electron chi connectivity index (χ4n) is 7.96. The standard InChI is InChI=1S/C51H95NO10/c1-3-5-7-9-11-13-15-17-19-20-21-22-23-24-25-27-28-30-32-34-36-38-43(54)46(56)42(41-61-51-49(59)48(58)47(57)45(40-53)62-51)52-50(60)44(55)39-37-35-33-31-29-26-18-16-14-12-10-8-6-4-2/h12,14,16,18,30,32,42-49,51,53-59H,3-11,13,15,17,19-29,31,33-41H2,1-2H3,(H,52,60)/b14-12-,18-16-,32-30+. The van der Waals surface area contributed by atoms with Crippen LogP contribution in [0.15, 0.2) is 36.5 Å². The van der Waals surface area contributed by atoms with Crippen LogP contribution in [0.5, 0.6) is 0 Å². The van der Waals surface area contributed by atoms with Gasteiger partial charge in [0.1, 0.15) is 36.6 Å². The third-order valence-corrected chi connectivity index (χ3v) is 12.2. The van der Waals surface area contributed by atoms with Gasteiger partial charge in [-0.25, -0.2) is 0 Å². The van der Waals surface area contributed by atoms with Crippen LogP contribution < -0.4 is 5.32 Å². The molecule has 364 valence electrons. The van der Waals surface area contributed by atoms with E-state index in [1.165, 1.54) is 116 Å². The van der Waals surface area contributed by atoms with Gasteiger partial charge in [0.25, 0.3) is 0 Å². The zero-order valence-electron chi connectivity index (χ0n) is 39.4. The Labute approximate surface area is 377 Å². The first-order valence-electron chi connectivity index (χ1n) is 25.4. The molecule has 1 amide bonds. The molecule has 1 saturated heterocycles. The number of ether oxygens (including phenoxy) is 2. The molecular formula is C51H95NO10. The van der Waals surface area contributed by atoms with Crippen LogP contribution in [-0.4, -0.2) is 110 Å². The van der Waals surface area contributed by atoms with Crippen molar-refractivity contribution in [2.24, 2.45) is 0 Å². The van der Waals surface area contributed by atoms with Crippen molar-refractivity contribution in [3.05, 3.63) is 36.5 Å². The predicted octanol–water partition coefficient (Wildman–Crippen LogP) is 9.17. The van der Waals surface area contributed by atoms with Crippen molar-refractivity contribution in [2.75, 3.05) is 13.2 Å². The molecule has 8 N–H and O–H groups in total. The molecule has 1 aliphatic rings. The molecule has 9 unspecified atom stereocenters. The number of hydrogen-bond acceptors (Lipinski definition) is 10. The van der Waals surface area contributed by atoms with Gasteiger partial charge in [0.2, 0.25) is 5.91 Å². The predicted molar refractivity (Wildman–Crippen MR) is 252 cm³/mol. The summed E-state index contributed by atoms with van der Waals surface area (Å²) >= 11 is 0. The van der Waals surface area contributed by atoms with E-state index in [1.54, 1.807) is 0 Å². The van der Waals surface area contributed by atoms with E-state index in [9.17, 15) is 40.5 Å². The van der Waals surface area contributed by atoms with Gasteiger partial charge >= 0.3 is 0 Å². The number of aliphatic hydroxyl groups is 7. The lowest BCUT2D eigenvalue weighted by Crippen LogP contribution is -2.60. The number of aliphatic hydroxyl groups excluding tert-OH is 7. The van der Waals surface area contributed by atoms with Gasteiger partial charge in [0, 0.05) is 0 Å². The third-order valence-electron chi connectivity index (χ3n) is 12.2. The van der Waals surface area contributed by atoms with E-state index >= 15 is 0 Å².